The number of anilines is 1. The average molecular weight is 176 g/mol. The summed E-state index contributed by atoms with van der Waals surface area (Å²) in [6.07, 6.45) is 3.31. The van der Waals surface area contributed by atoms with Crippen molar-refractivity contribution in [3.05, 3.63) is 29.5 Å². The fraction of sp³-hybridized carbons (Fsp3) is 0.111. The van der Waals surface area contributed by atoms with Gasteiger partial charge in [0.2, 0.25) is 0 Å². The van der Waals surface area contributed by atoms with Crippen molar-refractivity contribution >= 4 is 17.9 Å². The third kappa shape index (κ3) is 1.38. The predicted molar refractivity (Wildman–Crippen MR) is 48.3 cm³/mol. The van der Waals surface area contributed by atoms with Crippen LogP contribution in [0, 0.1) is 0 Å². The van der Waals surface area contributed by atoms with E-state index in [1.807, 2.05) is 6.07 Å². The molecule has 2 N–H and O–H groups in total. The maximum atomic E-state index is 10.6. The molecule has 66 valence electrons. The summed E-state index contributed by atoms with van der Waals surface area (Å²) in [7, 11) is 0. The normalized spacial score (nSPS) is 14.0. The van der Waals surface area contributed by atoms with E-state index in [0.29, 0.717) is 12.1 Å². The second-order valence-electron chi connectivity index (χ2n) is 2.77. The lowest BCUT2D eigenvalue weighted by Gasteiger charge is -2.14. The zero-order valence-electron chi connectivity index (χ0n) is 6.82. The summed E-state index contributed by atoms with van der Waals surface area (Å²) in [6, 6.07) is 3.61. The highest BCUT2D eigenvalue weighted by Crippen LogP contribution is 2.20. The predicted octanol–water partition coefficient (Wildman–Crippen LogP) is 0.975. The van der Waals surface area contributed by atoms with Gasteiger partial charge in [0.1, 0.15) is 5.82 Å². The van der Waals surface area contributed by atoms with Crippen molar-refractivity contribution in [3.8, 4) is 0 Å². The number of aliphatic carboxylic acids is 1. The molecule has 0 aromatic carbocycles. The van der Waals surface area contributed by atoms with E-state index in [1.165, 1.54) is 0 Å². The third-order valence-corrected chi connectivity index (χ3v) is 1.89. The van der Waals surface area contributed by atoms with Crippen LogP contribution in [0.3, 0.4) is 0 Å². The van der Waals surface area contributed by atoms with Gasteiger partial charge >= 0.3 is 5.97 Å². The first kappa shape index (κ1) is 7.79. The molecule has 4 heteroatoms. The maximum Gasteiger partial charge on any atom is 0.333 e. The summed E-state index contributed by atoms with van der Waals surface area (Å²) in [4.78, 5) is 14.7. The number of pyridine rings is 1. The largest absolute Gasteiger partial charge is 0.478 e. The van der Waals surface area contributed by atoms with Gasteiger partial charge in [0.15, 0.2) is 0 Å². The number of carboxylic acid groups (broad SMARTS) is 1. The molecule has 0 atom stereocenters. The van der Waals surface area contributed by atoms with Crippen LogP contribution in [0.25, 0.3) is 6.08 Å². The first-order valence-corrected chi connectivity index (χ1v) is 3.90. The molecule has 4 nitrogen and oxygen atoms in total. The minimum atomic E-state index is -0.887. The molecule has 0 saturated heterocycles. The zero-order valence-corrected chi connectivity index (χ0v) is 6.82. The van der Waals surface area contributed by atoms with Crippen molar-refractivity contribution in [3.63, 3.8) is 0 Å². The first-order valence-electron chi connectivity index (χ1n) is 3.90. The average Bonchev–Trinajstić information content (AvgIpc) is 2.17. The minimum absolute atomic E-state index is 0.333. The minimum Gasteiger partial charge on any atom is -0.478 e. The Morgan fingerprint density at radius 1 is 1.62 bits per heavy atom. The Morgan fingerprint density at radius 2 is 2.46 bits per heavy atom. The summed E-state index contributed by atoms with van der Waals surface area (Å²) >= 11 is 0. The Bertz CT molecular complexity index is 385. The molecule has 1 aromatic heterocycles. The van der Waals surface area contributed by atoms with Crippen molar-refractivity contribution in [1.82, 2.24) is 4.98 Å². The van der Waals surface area contributed by atoms with Crippen molar-refractivity contribution in [2.75, 3.05) is 11.9 Å². The Balaban J connectivity index is 2.44. The highest BCUT2D eigenvalue weighted by atomic mass is 16.4. The second kappa shape index (κ2) is 2.90. The summed E-state index contributed by atoms with van der Waals surface area (Å²) in [5.41, 5.74) is 1.19. The van der Waals surface area contributed by atoms with Crippen LogP contribution in [-0.4, -0.2) is 22.6 Å². The second-order valence-corrected chi connectivity index (χ2v) is 2.77. The van der Waals surface area contributed by atoms with E-state index in [2.05, 4.69) is 10.3 Å². The molecule has 0 fully saturated rings. The van der Waals surface area contributed by atoms with Crippen molar-refractivity contribution in [1.29, 1.82) is 0 Å². The van der Waals surface area contributed by atoms with E-state index in [1.54, 1.807) is 18.3 Å². The summed E-state index contributed by atoms with van der Waals surface area (Å²) in [5, 5.41) is 11.7. The van der Waals surface area contributed by atoms with E-state index in [4.69, 9.17) is 5.11 Å². The van der Waals surface area contributed by atoms with Crippen LogP contribution in [0.1, 0.15) is 5.56 Å². The smallest absolute Gasteiger partial charge is 0.333 e. The van der Waals surface area contributed by atoms with Gasteiger partial charge in [0.05, 0.1) is 5.57 Å². The number of hydrogen-bond acceptors (Lipinski definition) is 3. The molecule has 2 heterocycles. The van der Waals surface area contributed by atoms with Crippen LogP contribution in [0.4, 0.5) is 5.82 Å². The third-order valence-electron chi connectivity index (χ3n) is 1.89. The van der Waals surface area contributed by atoms with Gasteiger partial charge < -0.3 is 10.4 Å². The fourth-order valence-electron chi connectivity index (χ4n) is 1.24. The summed E-state index contributed by atoms with van der Waals surface area (Å²) in [6.45, 7) is 0.333. The Labute approximate surface area is 74.9 Å². The Kier molecular flexibility index (Phi) is 1.73. The first-order chi connectivity index (χ1) is 6.27. The fourth-order valence-corrected chi connectivity index (χ4v) is 1.24. The van der Waals surface area contributed by atoms with Crippen molar-refractivity contribution < 1.29 is 9.90 Å². The van der Waals surface area contributed by atoms with Gasteiger partial charge in [-0.1, -0.05) is 0 Å². The zero-order chi connectivity index (χ0) is 9.26. The van der Waals surface area contributed by atoms with Crippen LogP contribution >= 0.6 is 0 Å². The van der Waals surface area contributed by atoms with E-state index in [-0.39, 0.29) is 0 Å². The van der Waals surface area contributed by atoms with Gasteiger partial charge in [-0.25, -0.2) is 9.78 Å². The molecule has 1 aromatic rings. The maximum absolute atomic E-state index is 10.6. The quantitative estimate of drug-likeness (QED) is 0.669. The molecule has 13 heavy (non-hydrogen) atoms. The van der Waals surface area contributed by atoms with Gasteiger partial charge in [-0.05, 0) is 18.2 Å². The van der Waals surface area contributed by atoms with Crippen LogP contribution < -0.4 is 5.32 Å². The van der Waals surface area contributed by atoms with E-state index in [0.717, 1.165) is 11.4 Å². The van der Waals surface area contributed by atoms with Crippen molar-refractivity contribution in [2.24, 2.45) is 0 Å². The number of nitrogens with zero attached hydrogens (tertiary/aromatic N) is 1. The molecule has 0 unspecified atom stereocenters. The van der Waals surface area contributed by atoms with Crippen LogP contribution in [-0.2, 0) is 4.79 Å². The lowest BCUT2D eigenvalue weighted by atomic mass is 10.1. The van der Waals surface area contributed by atoms with E-state index in [9.17, 15) is 4.79 Å². The van der Waals surface area contributed by atoms with Crippen LogP contribution in [0.2, 0.25) is 0 Å². The number of carbonyl (C=O) groups is 1. The lowest BCUT2D eigenvalue weighted by molar-refractivity contribution is -0.132. The molecule has 0 aliphatic carbocycles. The molecule has 0 bridgehead atoms. The molecule has 0 spiro atoms. The van der Waals surface area contributed by atoms with E-state index >= 15 is 0 Å². The number of fused-ring (bicyclic) bond motifs is 1. The summed E-state index contributed by atoms with van der Waals surface area (Å²) in [5.74, 6) is -0.144. The highest BCUT2D eigenvalue weighted by Gasteiger charge is 2.14. The van der Waals surface area contributed by atoms with Crippen molar-refractivity contribution in [2.45, 2.75) is 0 Å². The van der Waals surface area contributed by atoms with Gasteiger partial charge in [-0.3, -0.25) is 0 Å². The standard InChI is InChI=1S/C9H8N2O2/c12-9(13)7-4-6-2-1-3-10-8(6)11-5-7/h1-4H,5H2,(H,10,11)(H,12,13). The number of aromatic nitrogens is 1. The summed E-state index contributed by atoms with van der Waals surface area (Å²) < 4.78 is 0. The van der Waals surface area contributed by atoms with Crippen LogP contribution in [0.5, 0.6) is 0 Å². The topological polar surface area (TPSA) is 62.2 Å². The number of hydrogen-bond donors (Lipinski definition) is 2. The number of nitrogens with one attached hydrogen (secondary N) is 1. The molecule has 0 saturated carbocycles. The van der Waals surface area contributed by atoms with E-state index < -0.39 is 5.97 Å². The monoisotopic (exact) mass is 176 g/mol. The number of rotatable bonds is 1. The molecular formula is C9H8N2O2. The molecule has 2 rings (SSSR count). The van der Waals surface area contributed by atoms with Gasteiger partial charge in [-0.15, -0.1) is 0 Å². The Morgan fingerprint density at radius 3 is 3.23 bits per heavy atom. The molecule has 0 amide bonds. The molecule has 1 aliphatic heterocycles. The molecule has 1 aliphatic rings. The molecule has 0 radical (unpaired) electrons. The Hall–Kier alpha value is -1.84. The van der Waals surface area contributed by atoms with Crippen LogP contribution in [0.15, 0.2) is 23.9 Å². The number of carboxylic acids is 1. The molecular weight excluding hydrogens is 168 g/mol. The SMILES string of the molecule is O=C(O)C1=Cc2cccnc2NC1. The van der Waals surface area contributed by atoms with Gasteiger partial charge in [0, 0.05) is 18.3 Å². The van der Waals surface area contributed by atoms with Gasteiger partial charge in [0.25, 0.3) is 0 Å². The lowest BCUT2D eigenvalue weighted by Crippen LogP contribution is -2.17. The highest BCUT2D eigenvalue weighted by molar-refractivity contribution is 5.95. The van der Waals surface area contributed by atoms with Gasteiger partial charge in [-0.2, -0.15) is 0 Å².